The number of hydrogen-bond acceptors (Lipinski definition) is 2. The second kappa shape index (κ2) is 6.34. The van der Waals surface area contributed by atoms with Gasteiger partial charge >= 0.3 is 0 Å². The van der Waals surface area contributed by atoms with Crippen LogP contribution in [-0.2, 0) is 11.2 Å². The van der Waals surface area contributed by atoms with Crippen LogP contribution in [0.5, 0.6) is 0 Å². The summed E-state index contributed by atoms with van der Waals surface area (Å²) in [6, 6.07) is 8.49. The smallest absolute Gasteiger partial charge is 0.223 e. The Labute approximate surface area is 117 Å². The van der Waals surface area contributed by atoms with Crippen molar-refractivity contribution in [3.05, 3.63) is 34.3 Å². The van der Waals surface area contributed by atoms with E-state index < -0.39 is 0 Å². The van der Waals surface area contributed by atoms with Crippen molar-refractivity contribution >= 4 is 21.8 Å². The molecule has 98 valence electrons. The zero-order valence-electron chi connectivity index (χ0n) is 10.7. The lowest BCUT2D eigenvalue weighted by atomic mass is 10.1. The first-order chi connectivity index (χ1) is 8.66. The van der Waals surface area contributed by atoms with Crippen molar-refractivity contribution in [2.45, 2.75) is 25.8 Å². The maximum absolute atomic E-state index is 12.1. The minimum Gasteiger partial charge on any atom is -0.337 e. The number of aryl methyl sites for hydroxylation is 1. The van der Waals surface area contributed by atoms with Crippen LogP contribution in [0.3, 0.4) is 0 Å². The molecule has 1 atom stereocenters. The molecule has 0 aliphatic carbocycles. The van der Waals surface area contributed by atoms with Gasteiger partial charge < -0.3 is 10.2 Å². The minimum absolute atomic E-state index is 0.270. The number of nitrogens with one attached hydrogen (secondary N) is 1. The van der Waals surface area contributed by atoms with Gasteiger partial charge in [0.25, 0.3) is 0 Å². The Morgan fingerprint density at radius 2 is 2.17 bits per heavy atom. The molecule has 3 nitrogen and oxygen atoms in total. The number of hydrogen-bond donors (Lipinski definition) is 1. The molecule has 2 rings (SSSR count). The number of halogens is 1. The van der Waals surface area contributed by atoms with Crippen molar-refractivity contribution in [2.75, 3.05) is 19.6 Å². The van der Waals surface area contributed by atoms with Crippen molar-refractivity contribution < 1.29 is 4.79 Å². The van der Waals surface area contributed by atoms with Gasteiger partial charge in [0.15, 0.2) is 0 Å². The fourth-order valence-electron chi connectivity index (χ4n) is 2.26. The Kier molecular flexibility index (Phi) is 4.78. The Hall–Kier alpha value is -0.870. The molecule has 1 N–H and O–H groups in total. The molecule has 1 heterocycles. The van der Waals surface area contributed by atoms with Gasteiger partial charge in [-0.05, 0) is 31.0 Å². The summed E-state index contributed by atoms with van der Waals surface area (Å²) in [6.45, 7) is 4.75. The van der Waals surface area contributed by atoms with Crippen LogP contribution >= 0.6 is 15.9 Å². The van der Waals surface area contributed by atoms with E-state index in [0.717, 1.165) is 30.5 Å². The number of carbonyl (C=O) groups is 1. The number of nitrogens with zero attached hydrogens (tertiary/aromatic N) is 1. The lowest BCUT2D eigenvalue weighted by molar-refractivity contribution is -0.133. The van der Waals surface area contributed by atoms with E-state index in [1.807, 2.05) is 17.0 Å². The zero-order chi connectivity index (χ0) is 13.0. The van der Waals surface area contributed by atoms with Gasteiger partial charge in [-0.15, -0.1) is 0 Å². The lowest BCUT2D eigenvalue weighted by Gasteiger charge is -2.34. The molecule has 0 spiro atoms. The van der Waals surface area contributed by atoms with Crippen molar-refractivity contribution in [2.24, 2.45) is 0 Å². The summed E-state index contributed by atoms with van der Waals surface area (Å²) in [4.78, 5) is 14.1. The van der Waals surface area contributed by atoms with Gasteiger partial charge in [-0.3, -0.25) is 4.79 Å². The van der Waals surface area contributed by atoms with E-state index >= 15 is 0 Å². The third kappa shape index (κ3) is 3.56. The molecule has 1 fully saturated rings. The maximum atomic E-state index is 12.1. The van der Waals surface area contributed by atoms with Crippen molar-refractivity contribution in [3.63, 3.8) is 0 Å². The van der Waals surface area contributed by atoms with Gasteiger partial charge in [0.1, 0.15) is 0 Å². The molecule has 0 bridgehead atoms. The van der Waals surface area contributed by atoms with E-state index in [1.165, 1.54) is 5.56 Å². The first-order valence-corrected chi connectivity index (χ1v) is 7.21. The molecule has 1 aromatic rings. The predicted octanol–water partition coefficient (Wildman–Crippen LogP) is 2.20. The fourth-order valence-corrected chi connectivity index (χ4v) is 2.52. The summed E-state index contributed by atoms with van der Waals surface area (Å²) in [5, 5.41) is 3.30. The van der Waals surface area contributed by atoms with Gasteiger partial charge in [0, 0.05) is 36.6 Å². The molecule has 0 aromatic heterocycles. The normalized spacial score (nSPS) is 19.9. The third-order valence-electron chi connectivity index (χ3n) is 3.36. The van der Waals surface area contributed by atoms with Crippen molar-refractivity contribution in [1.82, 2.24) is 10.2 Å². The van der Waals surface area contributed by atoms with Gasteiger partial charge in [-0.2, -0.15) is 0 Å². The standard InChI is InChI=1S/C14H19BrN2O/c1-11-10-16-8-9-17(11)14(18)7-4-12-2-5-13(15)6-3-12/h2-3,5-6,11,16H,4,7-10H2,1H3/t11-/m0/s1. The van der Waals surface area contributed by atoms with Gasteiger partial charge in [0.2, 0.25) is 5.91 Å². The highest BCUT2D eigenvalue weighted by molar-refractivity contribution is 9.10. The van der Waals surface area contributed by atoms with Gasteiger partial charge in [-0.25, -0.2) is 0 Å². The highest BCUT2D eigenvalue weighted by Gasteiger charge is 2.22. The van der Waals surface area contributed by atoms with Crippen LogP contribution in [0.1, 0.15) is 18.9 Å². The number of rotatable bonds is 3. The summed E-state index contributed by atoms with van der Waals surface area (Å²) >= 11 is 3.41. The van der Waals surface area contributed by atoms with Crippen molar-refractivity contribution in [1.29, 1.82) is 0 Å². The molecule has 1 amide bonds. The molecule has 1 aliphatic rings. The zero-order valence-corrected chi connectivity index (χ0v) is 12.2. The van der Waals surface area contributed by atoms with E-state index in [1.54, 1.807) is 0 Å². The Morgan fingerprint density at radius 3 is 2.83 bits per heavy atom. The first kappa shape index (κ1) is 13.6. The van der Waals surface area contributed by atoms with E-state index in [9.17, 15) is 4.79 Å². The molecule has 1 saturated heterocycles. The molecule has 0 saturated carbocycles. The van der Waals surface area contributed by atoms with Crippen molar-refractivity contribution in [3.8, 4) is 0 Å². The quantitative estimate of drug-likeness (QED) is 0.928. The summed E-state index contributed by atoms with van der Waals surface area (Å²) in [6.07, 6.45) is 1.43. The SMILES string of the molecule is C[C@H]1CNCCN1C(=O)CCc1ccc(Br)cc1. The number of amides is 1. The summed E-state index contributed by atoms with van der Waals surface area (Å²) in [5.74, 6) is 0.270. The van der Waals surface area contributed by atoms with E-state index in [0.29, 0.717) is 12.5 Å². The highest BCUT2D eigenvalue weighted by Crippen LogP contribution is 2.13. The minimum atomic E-state index is 0.270. The second-order valence-electron chi connectivity index (χ2n) is 4.77. The van der Waals surface area contributed by atoms with Crippen LogP contribution in [0, 0.1) is 0 Å². The average molecular weight is 311 g/mol. The van der Waals surface area contributed by atoms with Gasteiger partial charge in [-0.1, -0.05) is 28.1 Å². The van der Waals surface area contributed by atoms with Crippen LogP contribution in [0.25, 0.3) is 0 Å². The van der Waals surface area contributed by atoms with E-state index in [2.05, 4.69) is 40.3 Å². The second-order valence-corrected chi connectivity index (χ2v) is 5.68. The number of benzene rings is 1. The van der Waals surface area contributed by atoms with Crippen LogP contribution in [0.15, 0.2) is 28.7 Å². The monoisotopic (exact) mass is 310 g/mol. The van der Waals surface area contributed by atoms with Crippen LogP contribution in [0.2, 0.25) is 0 Å². The van der Waals surface area contributed by atoms with Crippen LogP contribution < -0.4 is 5.32 Å². The Morgan fingerprint density at radius 1 is 1.44 bits per heavy atom. The largest absolute Gasteiger partial charge is 0.337 e. The van der Waals surface area contributed by atoms with Crippen LogP contribution in [0.4, 0.5) is 0 Å². The summed E-state index contributed by atoms with van der Waals surface area (Å²) in [7, 11) is 0. The highest BCUT2D eigenvalue weighted by atomic mass is 79.9. The molecular weight excluding hydrogens is 292 g/mol. The molecule has 1 aromatic carbocycles. The molecule has 0 radical (unpaired) electrons. The van der Waals surface area contributed by atoms with E-state index in [4.69, 9.17) is 0 Å². The number of carbonyl (C=O) groups excluding carboxylic acids is 1. The first-order valence-electron chi connectivity index (χ1n) is 6.41. The lowest BCUT2D eigenvalue weighted by Crippen LogP contribution is -2.52. The predicted molar refractivity (Wildman–Crippen MR) is 76.5 cm³/mol. The number of piperazine rings is 1. The molecule has 18 heavy (non-hydrogen) atoms. The van der Waals surface area contributed by atoms with Gasteiger partial charge in [0.05, 0.1) is 0 Å². The van der Waals surface area contributed by atoms with E-state index in [-0.39, 0.29) is 5.91 Å². The topological polar surface area (TPSA) is 32.3 Å². The molecule has 4 heteroatoms. The molecule has 0 unspecified atom stereocenters. The Balaban J connectivity index is 1.85. The third-order valence-corrected chi connectivity index (χ3v) is 3.89. The van der Waals surface area contributed by atoms with Crippen LogP contribution in [-0.4, -0.2) is 36.5 Å². The summed E-state index contributed by atoms with van der Waals surface area (Å²) < 4.78 is 1.08. The maximum Gasteiger partial charge on any atom is 0.223 e. The Bertz CT molecular complexity index is 405. The summed E-state index contributed by atoms with van der Waals surface area (Å²) in [5.41, 5.74) is 1.22. The average Bonchev–Trinajstić information content (AvgIpc) is 2.38. The molecular formula is C14H19BrN2O. The molecule has 1 aliphatic heterocycles. The fraction of sp³-hybridized carbons (Fsp3) is 0.500.